The van der Waals surface area contributed by atoms with Gasteiger partial charge in [-0.15, -0.1) is 0 Å². The number of halogens is 2. The number of nitrogens with one attached hydrogen (secondary N) is 1. The quantitative estimate of drug-likeness (QED) is 0.842. The first-order valence-corrected chi connectivity index (χ1v) is 8.58. The molecule has 5 heteroatoms. The lowest BCUT2D eigenvalue weighted by Crippen LogP contribution is -3.13. The summed E-state index contributed by atoms with van der Waals surface area (Å²) in [5.74, 6) is 0. The highest BCUT2D eigenvalue weighted by molar-refractivity contribution is 6.43. The monoisotopic (exact) mass is 348 g/mol. The topological polar surface area (TPSA) is 20.0 Å². The van der Waals surface area contributed by atoms with Crippen LogP contribution in [0, 0.1) is 0 Å². The minimum absolute atomic E-state index is 0.561. The Morgan fingerprint density at radius 3 is 2.48 bits per heavy atom. The molecule has 2 aromatic carbocycles. The Morgan fingerprint density at radius 1 is 1.00 bits per heavy atom. The zero-order valence-corrected chi connectivity index (χ0v) is 14.4. The summed E-state index contributed by atoms with van der Waals surface area (Å²) in [4.78, 5) is 1.60. The molecule has 1 N–H and O–H groups in total. The molecule has 3 rings (SSSR count). The number of rotatable bonds is 4. The highest BCUT2D eigenvalue weighted by Gasteiger charge is 2.18. The van der Waals surface area contributed by atoms with Gasteiger partial charge < -0.3 is 4.90 Å². The maximum atomic E-state index is 6.18. The van der Waals surface area contributed by atoms with Gasteiger partial charge in [0.25, 0.3) is 0 Å². The van der Waals surface area contributed by atoms with Crippen molar-refractivity contribution < 1.29 is 4.90 Å². The molecule has 3 nitrogen and oxygen atoms in total. The number of hydrogen-bond donors (Lipinski definition) is 1. The van der Waals surface area contributed by atoms with Crippen LogP contribution in [-0.2, 0) is 6.54 Å². The predicted octanol–water partition coefficient (Wildman–Crippen LogP) is 2.73. The number of hydrogen-bond acceptors (Lipinski definition) is 2. The van der Waals surface area contributed by atoms with Crippen molar-refractivity contribution in [3.05, 3.63) is 69.7 Å². The SMILES string of the molecule is Clc1cccc(/C=N/N2CC[NH+](Cc3ccccc3)CC2)c1Cl. The fourth-order valence-electron chi connectivity index (χ4n) is 2.75. The zero-order valence-electron chi connectivity index (χ0n) is 12.9. The lowest BCUT2D eigenvalue weighted by atomic mass is 10.2. The second-order valence-electron chi connectivity index (χ2n) is 5.75. The molecule has 2 aromatic rings. The van der Waals surface area contributed by atoms with Gasteiger partial charge in [-0.25, -0.2) is 0 Å². The van der Waals surface area contributed by atoms with Crippen LogP contribution in [-0.4, -0.2) is 37.4 Å². The van der Waals surface area contributed by atoms with Crippen molar-refractivity contribution in [3.8, 4) is 0 Å². The van der Waals surface area contributed by atoms with Gasteiger partial charge in [-0.3, -0.25) is 5.01 Å². The van der Waals surface area contributed by atoms with Gasteiger partial charge in [0.15, 0.2) is 0 Å². The molecular weight excluding hydrogens is 329 g/mol. The average molecular weight is 349 g/mol. The van der Waals surface area contributed by atoms with Crippen LogP contribution in [0.1, 0.15) is 11.1 Å². The molecular formula is C18H20Cl2N3+. The minimum atomic E-state index is 0.561. The van der Waals surface area contributed by atoms with Gasteiger partial charge in [0, 0.05) is 11.1 Å². The summed E-state index contributed by atoms with van der Waals surface area (Å²) < 4.78 is 0. The first-order valence-electron chi connectivity index (χ1n) is 7.83. The van der Waals surface area contributed by atoms with E-state index in [1.807, 2.05) is 12.1 Å². The van der Waals surface area contributed by atoms with Crippen molar-refractivity contribution in [2.75, 3.05) is 26.2 Å². The smallest absolute Gasteiger partial charge is 0.103 e. The minimum Gasteiger partial charge on any atom is -0.328 e. The van der Waals surface area contributed by atoms with Crippen LogP contribution in [0.25, 0.3) is 0 Å². The molecule has 23 heavy (non-hydrogen) atoms. The molecule has 1 heterocycles. The van der Waals surface area contributed by atoms with Crippen LogP contribution in [0.5, 0.6) is 0 Å². The van der Waals surface area contributed by atoms with E-state index in [4.69, 9.17) is 23.2 Å². The largest absolute Gasteiger partial charge is 0.328 e. The van der Waals surface area contributed by atoms with Crippen LogP contribution in [0.15, 0.2) is 53.6 Å². The van der Waals surface area contributed by atoms with Crippen LogP contribution in [0.3, 0.4) is 0 Å². The highest BCUT2D eigenvalue weighted by atomic mass is 35.5. The van der Waals surface area contributed by atoms with Crippen molar-refractivity contribution in [1.29, 1.82) is 0 Å². The third-order valence-electron chi connectivity index (χ3n) is 4.09. The summed E-state index contributed by atoms with van der Waals surface area (Å²) >= 11 is 12.2. The first-order chi connectivity index (χ1) is 11.2. The molecule has 0 radical (unpaired) electrons. The molecule has 0 aliphatic carbocycles. The maximum Gasteiger partial charge on any atom is 0.103 e. The summed E-state index contributed by atoms with van der Waals surface area (Å²) in [6.45, 7) is 5.18. The van der Waals surface area contributed by atoms with Gasteiger partial charge in [-0.2, -0.15) is 5.10 Å². The molecule has 1 aliphatic heterocycles. The second-order valence-corrected chi connectivity index (χ2v) is 6.54. The van der Waals surface area contributed by atoms with Crippen LogP contribution in [0.2, 0.25) is 10.0 Å². The third-order valence-corrected chi connectivity index (χ3v) is 4.92. The Morgan fingerprint density at radius 2 is 1.74 bits per heavy atom. The molecule has 1 saturated heterocycles. The van der Waals surface area contributed by atoms with E-state index < -0.39 is 0 Å². The highest BCUT2D eigenvalue weighted by Crippen LogP contribution is 2.24. The van der Waals surface area contributed by atoms with E-state index in [1.54, 1.807) is 17.2 Å². The summed E-state index contributed by atoms with van der Waals surface area (Å²) in [5, 5.41) is 7.78. The Kier molecular flexibility index (Phi) is 5.55. The van der Waals surface area contributed by atoms with E-state index in [0.29, 0.717) is 10.0 Å². The lowest BCUT2D eigenvalue weighted by molar-refractivity contribution is -0.918. The second kappa shape index (κ2) is 7.82. The molecule has 120 valence electrons. The van der Waals surface area contributed by atoms with Crippen LogP contribution in [0.4, 0.5) is 0 Å². The fourth-order valence-corrected chi connectivity index (χ4v) is 3.11. The zero-order chi connectivity index (χ0) is 16.1. The standard InChI is InChI=1S/C18H19Cl2N3/c19-17-8-4-7-16(18(17)20)13-21-23-11-9-22(10-12-23)14-15-5-2-1-3-6-15/h1-8,13H,9-12,14H2/p+1/b21-13+. The van der Waals surface area contributed by atoms with Crippen molar-refractivity contribution >= 4 is 29.4 Å². The van der Waals surface area contributed by atoms with Gasteiger partial charge >= 0.3 is 0 Å². The maximum absolute atomic E-state index is 6.18. The van der Waals surface area contributed by atoms with Gasteiger partial charge in [0.05, 0.1) is 42.4 Å². The Hall–Kier alpha value is -1.55. The summed E-state index contributed by atoms with van der Waals surface area (Å²) in [7, 11) is 0. The van der Waals surface area contributed by atoms with Crippen molar-refractivity contribution in [2.45, 2.75) is 6.54 Å². The van der Waals surface area contributed by atoms with Crippen LogP contribution < -0.4 is 4.90 Å². The van der Waals surface area contributed by atoms with E-state index in [0.717, 1.165) is 38.3 Å². The first kappa shape index (κ1) is 16.3. The molecule has 0 atom stereocenters. The van der Waals surface area contributed by atoms with E-state index in [9.17, 15) is 0 Å². The fraction of sp³-hybridized carbons (Fsp3) is 0.278. The van der Waals surface area contributed by atoms with Gasteiger partial charge in [0.1, 0.15) is 6.54 Å². The molecule has 0 aromatic heterocycles. The van der Waals surface area contributed by atoms with Crippen LogP contribution >= 0.6 is 23.2 Å². The molecule has 0 unspecified atom stereocenters. The summed E-state index contributed by atoms with van der Waals surface area (Å²) in [6, 6.07) is 16.2. The molecule has 0 bridgehead atoms. The molecule has 1 fully saturated rings. The number of hydrazone groups is 1. The Balaban J connectivity index is 1.53. The number of piperazine rings is 1. The summed E-state index contributed by atoms with van der Waals surface area (Å²) in [6.07, 6.45) is 1.80. The molecule has 0 spiro atoms. The number of benzene rings is 2. The lowest BCUT2D eigenvalue weighted by Gasteiger charge is -2.30. The van der Waals surface area contributed by atoms with Crippen molar-refractivity contribution in [2.24, 2.45) is 5.10 Å². The van der Waals surface area contributed by atoms with Gasteiger partial charge in [0.2, 0.25) is 0 Å². The van der Waals surface area contributed by atoms with Crippen molar-refractivity contribution in [1.82, 2.24) is 5.01 Å². The van der Waals surface area contributed by atoms with Crippen molar-refractivity contribution in [3.63, 3.8) is 0 Å². The van der Waals surface area contributed by atoms with Gasteiger partial charge in [-0.1, -0.05) is 65.7 Å². The summed E-state index contributed by atoms with van der Waals surface area (Å²) in [5.41, 5.74) is 2.25. The normalized spacial score (nSPS) is 16.2. The van der Waals surface area contributed by atoms with Gasteiger partial charge in [-0.05, 0) is 6.07 Å². The van der Waals surface area contributed by atoms with E-state index >= 15 is 0 Å². The Labute approximate surface area is 147 Å². The number of nitrogens with zero attached hydrogens (tertiary/aromatic N) is 2. The predicted molar refractivity (Wildman–Crippen MR) is 96.5 cm³/mol. The number of quaternary nitrogens is 1. The molecule has 0 amide bonds. The van der Waals surface area contributed by atoms with E-state index in [2.05, 4.69) is 40.4 Å². The average Bonchev–Trinajstić information content (AvgIpc) is 2.58. The third kappa shape index (κ3) is 4.47. The Bertz CT molecular complexity index is 665. The van der Waals surface area contributed by atoms with E-state index in [1.165, 1.54) is 5.56 Å². The van der Waals surface area contributed by atoms with E-state index in [-0.39, 0.29) is 0 Å². The molecule has 0 saturated carbocycles. The molecule has 1 aliphatic rings.